The monoisotopic (exact) mass is 353 g/mol. The Bertz CT molecular complexity index is 993. The van der Waals surface area contributed by atoms with Crippen LogP contribution in [0.15, 0.2) is 42.6 Å². The first-order valence-corrected chi connectivity index (χ1v) is 7.75. The normalized spacial score (nSPS) is 15.0. The van der Waals surface area contributed by atoms with E-state index in [4.69, 9.17) is 9.47 Å². The van der Waals surface area contributed by atoms with Gasteiger partial charge in [-0.1, -0.05) is 18.2 Å². The zero-order valence-corrected chi connectivity index (χ0v) is 13.7. The molecule has 8 nitrogen and oxygen atoms in total. The van der Waals surface area contributed by atoms with E-state index in [0.29, 0.717) is 11.4 Å². The van der Waals surface area contributed by atoms with Crippen LogP contribution in [0.2, 0.25) is 0 Å². The lowest BCUT2D eigenvalue weighted by Crippen LogP contribution is -2.17. The third-order valence-electron chi connectivity index (χ3n) is 4.01. The summed E-state index contributed by atoms with van der Waals surface area (Å²) in [7, 11) is 1.47. The third kappa shape index (κ3) is 2.57. The number of ether oxygens (including phenoxy) is 2. The van der Waals surface area contributed by atoms with Crippen molar-refractivity contribution in [2.45, 2.75) is 6.23 Å². The molecule has 2 aromatic carbocycles. The average Bonchev–Trinajstić information content (AvgIpc) is 2.80. The van der Waals surface area contributed by atoms with E-state index in [1.54, 1.807) is 0 Å². The van der Waals surface area contributed by atoms with Crippen LogP contribution in [0, 0.1) is 0 Å². The third-order valence-corrected chi connectivity index (χ3v) is 4.01. The van der Waals surface area contributed by atoms with Crippen LogP contribution in [0.25, 0.3) is 11.3 Å². The standard InChI is InChI=1S/C18H15N3O5/c1-25-14-8-19-15-10-4-2-3-5-12(10)20-17(26-18(15)21-14)11-6-9(22)7-13(23)16(11)24/h2-8,17,20,22-24H,1H3. The van der Waals surface area contributed by atoms with Crippen LogP contribution in [0.1, 0.15) is 11.8 Å². The molecule has 4 rings (SSSR count). The van der Waals surface area contributed by atoms with Gasteiger partial charge in [0.15, 0.2) is 11.5 Å². The molecule has 1 aromatic heterocycles. The molecular formula is C18H15N3O5. The second-order valence-electron chi connectivity index (χ2n) is 5.66. The fourth-order valence-electron chi connectivity index (χ4n) is 2.79. The number of para-hydroxylation sites is 1. The molecule has 3 aromatic rings. The van der Waals surface area contributed by atoms with E-state index in [0.717, 1.165) is 11.6 Å². The van der Waals surface area contributed by atoms with Gasteiger partial charge in [0.1, 0.15) is 11.4 Å². The maximum absolute atomic E-state index is 10.2. The fourth-order valence-corrected chi connectivity index (χ4v) is 2.79. The smallest absolute Gasteiger partial charge is 0.246 e. The SMILES string of the molecule is COc1cnc2c(n1)OC(c1cc(O)cc(O)c1O)Nc1ccccc1-2. The number of nitrogens with zero attached hydrogens (tertiary/aromatic N) is 2. The summed E-state index contributed by atoms with van der Waals surface area (Å²) in [6.45, 7) is 0. The fraction of sp³-hybridized carbons (Fsp3) is 0.111. The highest BCUT2D eigenvalue weighted by atomic mass is 16.5. The number of fused-ring (bicyclic) bond motifs is 3. The van der Waals surface area contributed by atoms with Gasteiger partial charge in [-0.2, -0.15) is 4.98 Å². The Morgan fingerprint density at radius 2 is 1.96 bits per heavy atom. The second-order valence-corrected chi connectivity index (χ2v) is 5.66. The lowest BCUT2D eigenvalue weighted by atomic mass is 10.1. The van der Waals surface area contributed by atoms with Crippen LogP contribution in [-0.4, -0.2) is 32.4 Å². The summed E-state index contributed by atoms with van der Waals surface area (Å²) in [6.07, 6.45) is 0.550. The number of hydrogen-bond acceptors (Lipinski definition) is 8. The molecule has 1 atom stereocenters. The van der Waals surface area contributed by atoms with Gasteiger partial charge >= 0.3 is 0 Å². The Morgan fingerprint density at radius 1 is 1.15 bits per heavy atom. The van der Waals surface area contributed by atoms with Crippen molar-refractivity contribution in [2.75, 3.05) is 12.4 Å². The number of nitrogens with one attached hydrogen (secondary N) is 1. The van der Waals surface area contributed by atoms with Crippen molar-refractivity contribution in [3.8, 4) is 40.3 Å². The van der Waals surface area contributed by atoms with Crippen molar-refractivity contribution in [1.29, 1.82) is 0 Å². The molecule has 1 aliphatic rings. The number of phenols is 3. The van der Waals surface area contributed by atoms with Crippen molar-refractivity contribution in [2.24, 2.45) is 0 Å². The van der Waals surface area contributed by atoms with Crippen LogP contribution in [-0.2, 0) is 0 Å². The van der Waals surface area contributed by atoms with Crippen LogP contribution in [0.4, 0.5) is 5.69 Å². The lowest BCUT2D eigenvalue weighted by molar-refractivity contribution is 0.218. The Morgan fingerprint density at radius 3 is 2.77 bits per heavy atom. The minimum atomic E-state index is -0.934. The molecule has 0 radical (unpaired) electrons. The van der Waals surface area contributed by atoms with Crippen molar-refractivity contribution in [3.05, 3.63) is 48.2 Å². The molecule has 0 aliphatic carbocycles. The molecule has 1 aliphatic heterocycles. The van der Waals surface area contributed by atoms with Crippen molar-refractivity contribution in [1.82, 2.24) is 9.97 Å². The topological polar surface area (TPSA) is 117 Å². The molecule has 0 fully saturated rings. The van der Waals surface area contributed by atoms with Crippen LogP contribution in [0.3, 0.4) is 0 Å². The quantitative estimate of drug-likeness (QED) is 0.410. The summed E-state index contributed by atoms with van der Waals surface area (Å²) >= 11 is 0. The van der Waals surface area contributed by atoms with Gasteiger partial charge in [-0.05, 0) is 12.1 Å². The van der Waals surface area contributed by atoms with Gasteiger partial charge in [0.25, 0.3) is 0 Å². The summed E-state index contributed by atoms with van der Waals surface area (Å²) in [5.41, 5.74) is 2.09. The van der Waals surface area contributed by atoms with Gasteiger partial charge in [0.05, 0.1) is 18.9 Å². The van der Waals surface area contributed by atoms with Crippen molar-refractivity contribution >= 4 is 5.69 Å². The number of aromatic hydroxyl groups is 3. The molecular weight excluding hydrogens is 338 g/mol. The Labute approximate surface area is 148 Å². The first-order chi connectivity index (χ1) is 12.6. The van der Waals surface area contributed by atoms with E-state index in [-0.39, 0.29) is 23.1 Å². The molecule has 26 heavy (non-hydrogen) atoms. The molecule has 8 heteroatoms. The minimum Gasteiger partial charge on any atom is -0.508 e. The summed E-state index contributed by atoms with van der Waals surface area (Å²) in [5, 5.41) is 33.0. The Hall–Kier alpha value is -3.68. The van der Waals surface area contributed by atoms with Crippen LogP contribution < -0.4 is 14.8 Å². The predicted molar refractivity (Wildman–Crippen MR) is 92.4 cm³/mol. The molecule has 0 spiro atoms. The zero-order chi connectivity index (χ0) is 18.3. The molecule has 0 saturated heterocycles. The van der Waals surface area contributed by atoms with Crippen molar-refractivity contribution < 1.29 is 24.8 Å². The van der Waals surface area contributed by atoms with Gasteiger partial charge < -0.3 is 30.1 Å². The number of aromatic nitrogens is 2. The van der Waals surface area contributed by atoms with E-state index in [1.807, 2.05) is 24.3 Å². The first-order valence-electron chi connectivity index (χ1n) is 7.75. The first kappa shape index (κ1) is 15.8. The van der Waals surface area contributed by atoms with Gasteiger partial charge in [0, 0.05) is 17.3 Å². The van der Waals surface area contributed by atoms with Crippen LogP contribution in [0.5, 0.6) is 29.0 Å². The number of benzene rings is 2. The molecule has 2 heterocycles. The lowest BCUT2D eigenvalue weighted by Gasteiger charge is -2.20. The van der Waals surface area contributed by atoms with Crippen molar-refractivity contribution in [3.63, 3.8) is 0 Å². The highest BCUT2D eigenvalue weighted by Crippen LogP contribution is 2.43. The van der Waals surface area contributed by atoms with Gasteiger partial charge in [-0.25, -0.2) is 4.98 Å². The Balaban J connectivity index is 1.90. The molecule has 132 valence electrons. The molecule has 4 N–H and O–H groups in total. The summed E-state index contributed by atoms with van der Waals surface area (Å²) < 4.78 is 11.0. The average molecular weight is 353 g/mol. The largest absolute Gasteiger partial charge is 0.508 e. The number of hydrogen-bond donors (Lipinski definition) is 4. The maximum Gasteiger partial charge on any atom is 0.246 e. The predicted octanol–water partition coefficient (Wildman–Crippen LogP) is 2.77. The number of anilines is 1. The Kier molecular flexibility index (Phi) is 3.65. The zero-order valence-electron chi connectivity index (χ0n) is 13.7. The summed E-state index contributed by atoms with van der Waals surface area (Å²) in [5.74, 6) is -0.619. The van der Waals surface area contributed by atoms with E-state index in [9.17, 15) is 15.3 Å². The molecule has 0 saturated carbocycles. The second kappa shape index (κ2) is 5.99. The number of rotatable bonds is 2. The van der Waals surface area contributed by atoms with Gasteiger partial charge in [-0.3, -0.25) is 0 Å². The van der Waals surface area contributed by atoms with E-state index in [2.05, 4.69) is 15.3 Å². The molecule has 1 unspecified atom stereocenters. The van der Waals surface area contributed by atoms with Gasteiger partial charge in [0.2, 0.25) is 18.0 Å². The van der Waals surface area contributed by atoms with E-state index < -0.39 is 17.7 Å². The minimum absolute atomic E-state index is 0.148. The summed E-state index contributed by atoms with van der Waals surface area (Å²) in [4.78, 5) is 8.65. The molecule has 0 amide bonds. The highest BCUT2D eigenvalue weighted by molar-refractivity contribution is 5.79. The number of phenolic OH excluding ortho intramolecular Hbond substituents is 3. The number of methoxy groups -OCH3 is 1. The highest BCUT2D eigenvalue weighted by Gasteiger charge is 2.28. The van der Waals surface area contributed by atoms with E-state index in [1.165, 1.54) is 19.4 Å². The maximum atomic E-state index is 10.2. The molecule has 0 bridgehead atoms. The summed E-state index contributed by atoms with van der Waals surface area (Å²) in [6, 6.07) is 9.72. The van der Waals surface area contributed by atoms with Crippen LogP contribution >= 0.6 is 0 Å². The van der Waals surface area contributed by atoms with Gasteiger partial charge in [-0.15, -0.1) is 0 Å². The van der Waals surface area contributed by atoms with E-state index >= 15 is 0 Å².